The second-order valence-electron chi connectivity index (χ2n) is 6.30. The monoisotopic (exact) mass is 349 g/mol. The van der Waals surface area contributed by atoms with Crippen molar-refractivity contribution in [3.63, 3.8) is 0 Å². The summed E-state index contributed by atoms with van der Waals surface area (Å²) in [4.78, 5) is 13.7. The van der Waals surface area contributed by atoms with Gasteiger partial charge in [-0.3, -0.25) is 4.90 Å². The van der Waals surface area contributed by atoms with Gasteiger partial charge in [0, 0.05) is 19.6 Å². The molecule has 3 rings (SSSR count). The van der Waals surface area contributed by atoms with Crippen LogP contribution in [0.5, 0.6) is 0 Å². The Balaban J connectivity index is 1.72. The van der Waals surface area contributed by atoms with Crippen LogP contribution in [0.1, 0.15) is 21.5 Å². The highest BCUT2D eigenvalue weighted by Crippen LogP contribution is 2.18. The Kier molecular flexibility index (Phi) is 6.00. The zero-order chi connectivity index (χ0) is 18.4. The third-order valence-corrected chi connectivity index (χ3v) is 4.42. The van der Waals surface area contributed by atoms with E-state index in [0.717, 1.165) is 12.1 Å². The van der Waals surface area contributed by atoms with Crippen molar-refractivity contribution in [3.05, 3.63) is 83.4 Å². The first-order valence-electron chi connectivity index (χ1n) is 8.68. The molecule has 134 valence electrons. The lowest BCUT2D eigenvalue weighted by Gasteiger charge is -2.22. The van der Waals surface area contributed by atoms with Gasteiger partial charge in [0.15, 0.2) is 0 Å². The zero-order valence-corrected chi connectivity index (χ0v) is 14.9. The molecule has 0 aromatic heterocycles. The van der Waals surface area contributed by atoms with Crippen LogP contribution < -0.4 is 0 Å². The minimum atomic E-state index is -0.333. The van der Waals surface area contributed by atoms with Gasteiger partial charge in [-0.25, -0.2) is 4.79 Å². The van der Waals surface area contributed by atoms with Gasteiger partial charge < -0.3 is 9.84 Å². The smallest absolute Gasteiger partial charge is 0.337 e. The van der Waals surface area contributed by atoms with E-state index >= 15 is 0 Å². The van der Waals surface area contributed by atoms with Crippen molar-refractivity contribution in [1.29, 1.82) is 0 Å². The molecule has 0 aliphatic carbocycles. The van der Waals surface area contributed by atoms with E-state index in [1.165, 1.54) is 23.4 Å². The maximum atomic E-state index is 11.5. The molecule has 0 spiro atoms. The molecule has 3 aromatic rings. The SMILES string of the molecule is COC(=O)c1ccc(CN(CCO)Cc2ccc3ccccc3c2)cc1. The summed E-state index contributed by atoms with van der Waals surface area (Å²) in [5, 5.41) is 11.9. The summed E-state index contributed by atoms with van der Waals surface area (Å²) >= 11 is 0. The number of methoxy groups -OCH3 is 1. The van der Waals surface area contributed by atoms with Gasteiger partial charge in [0.25, 0.3) is 0 Å². The Morgan fingerprint density at radius 3 is 2.27 bits per heavy atom. The number of esters is 1. The highest BCUT2D eigenvalue weighted by atomic mass is 16.5. The summed E-state index contributed by atoms with van der Waals surface area (Å²) in [6, 6.07) is 22.2. The van der Waals surface area contributed by atoms with Crippen LogP contribution in [0.25, 0.3) is 10.8 Å². The van der Waals surface area contributed by atoms with Gasteiger partial charge in [-0.05, 0) is 40.1 Å². The van der Waals surface area contributed by atoms with Crippen molar-refractivity contribution in [3.8, 4) is 0 Å². The van der Waals surface area contributed by atoms with Crippen molar-refractivity contribution in [2.45, 2.75) is 13.1 Å². The average molecular weight is 349 g/mol. The van der Waals surface area contributed by atoms with Crippen LogP contribution in [0.3, 0.4) is 0 Å². The molecule has 4 nitrogen and oxygen atoms in total. The summed E-state index contributed by atoms with van der Waals surface area (Å²) in [5.41, 5.74) is 2.84. The fourth-order valence-electron chi connectivity index (χ4n) is 3.07. The van der Waals surface area contributed by atoms with Crippen molar-refractivity contribution in [2.75, 3.05) is 20.3 Å². The largest absolute Gasteiger partial charge is 0.465 e. The molecule has 0 aliphatic rings. The molecule has 0 heterocycles. The van der Waals surface area contributed by atoms with Gasteiger partial charge in [-0.15, -0.1) is 0 Å². The Hall–Kier alpha value is -2.69. The maximum absolute atomic E-state index is 11.5. The van der Waals surface area contributed by atoms with Crippen LogP contribution in [0.4, 0.5) is 0 Å². The van der Waals surface area contributed by atoms with E-state index in [4.69, 9.17) is 4.74 Å². The van der Waals surface area contributed by atoms with Crippen LogP contribution in [0, 0.1) is 0 Å². The predicted octanol–water partition coefficient (Wildman–Crippen LogP) is 3.62. The molecule has 0 unspecified atom stereocenters. The summed E-state index contributed by atoms with van der Waals surface area (Å²) in [6.07, 6.45) is 0. The first-order valence-corrected chi connectivity index (χ1v) is 8.68. The fourth-order valence-corrected chi connectivity index (χ4v) is 3.07. The molecule has 4 heteroatoms. The molecule has 0 radical (unpaired) electrons. The number of benzene rings is 3. The fraction of sp³-hybridized carbons (Fsp3) is 0.227. The average Bonchev–Trinajstić information content (AvgIpc) is 2.68. The predicted molar refractivity (Wildman–Crippen MR) is 103 cm³/mol. The number of ether oxygens (including phenoxy) is 1. The summed E-state index contributed by atoms with van der Waals surface area (Å²) in [7, 11) is 1.38. The first kappa shape index (κ1) is 18.1. The molecule has 0 saturated carbocycles. The minimum Gasteiger partial charge on any atom is -0.465 e. The van der Waals surface area contributed by atoms with E-state index in [1.54, 1.807) is 12.1 Å². The van der Waals surface area contributed by atoms with E-state index in [-0.39, 0.29) is 12.6 Å². The standard InChI is InChI=1S/C22H23NO3/c1-26-22(25)20-10-6-17(7-11-20)15-23(12-13-24)16-18-8-9-19-4-2-3-5-21(19)14-18/h2-11,14,24H,12-13,15-16H2,1H3. The molecule has 0 fully saturated rings. The molecule has 0 saturated heterocycles. The number of hydrogen-bond donors (Lipinski definition) is 1. The Morgan fingerprint density at radius 1 is 0.923 bits per heavy atom. The van der Waals surface area contributed by atoms with E-state index in [0.29, 0.717) is 18.7 Å². The number of fused-ring (bicyclic) bond motifs is 1. The lowest BCUT2D eigenvalue weighted by atomic mass is 10.1. The van der Waals surface area contributed by atoms with Crippen LogP contribution in [-0.4, -0.2) is 36.2 Å². The van der Waals surface area contributed by atoms with Gasteiger partial charge in [0.2, 0.25) is 0 Å². The number of aliphatic hydroxyl groups is 1. The molecule has 0 bridgehead atoms. The number of aliphatic hydroxyl groups excluding tert-OH is 1. The normalized spacial score (nSPS) is 11.0. The van der Waals surface area contributed by atoms with E-state index in [9.17, 15) is 9.90 Å². The minimum absolute atomic E-state index is 0.105. The molecular weight excluding hydrogens is 326 g/mol. The highest BCUT2D eigenvalue weighted by Gasteiger charge is 2.09. The van der Waals surface area contributed by atoms with Gasteiger partial charge in [-0.1, -0.05) is 48.5 Å². The van der Waals surface area contributed by atoms with Crippen LogP contribution in [-0.2, 0) is 17.8 Å². The van der Waals surface area contributed by atoms with Crippen molar-refractivity contribution in [2.24, 2.45) is 0 Å². The third kappa shape index (κ3) is 4.48. The summed E-state index contributed by atoms with van der Waals surface area (Å²) in [6.45, 7) is 2.15. The van der Waals surface area contributed by atoms with E-state index < -0.39 is 0 Å². The van der Waals surface area contributed by atoms with Gasteiger partial charge in [0.1, 0.15) is 0 Å². The van der Waals surface area contributed by atoms with Gasteiger partial charge >= 0.3 is 5.97 Å². The van der Waals surface area contributed by atoms with Crippen molar-refractivity contribution in [1.82, 2.24) is 4.90 Å². The number of rotatable bonds is 7. The van der Waals surface area contributed by atoms with Crippen LogP contribution in [0.2, 0.25) is 0 Å². The number of carbonyl (C=O) groups is 1. The zero-order valence-electron chi connectivity index (χ0n) is 14.9. The summed E-state index contributed by atoms with van der Waals surface area (Å²) in [5.74, 6) is -0.333. The number of carbonyl (C=O) groups excluding carboxylic acids is 1. The van der Waals surface area contributed by atoms with Crippen LogP contribution >= 0.6 is 0 Å². The van der Waals surface area contributed by atoms with Crippen molar-refractivity contribution < 1.29 is 14.6 Å². The Labute approximate surface area is 153 Å². The van der Waals surface area contributed by atoms with E-state index in [2.05, 4.69) is 35.2 Å². The lowest BCUT2D eigenvalue weighted by Crippen LogP contribution is -2.26. The summed E-state index contributed by atoms with van der Waals surface area (Å²) < 4.78 is 4.73. The third-order valence-electron chi connectivity index (χ3n) is 4.42. The first-order chi connectivity index (χ1) is 12.7. The molecular formula is C22H23NO3. The maximum Gasteiger partial charge on any atom is 0.337 e. The molecule has 0 amide bonds. The quantitative estimate of drug-likeness (QED) is 0.662. The molecule has 3 aromatic carbocycles. The molecule has 0 atom stereocenters. The molecule has 1 N–H and O–H groups in total. The second-order valence-corrected chi connectivity index (χ2v) is 6.30. The highest BCUT2D eigenvalue weighted by molar-refractivity contribution is 5.89. The van der Waals surface area contributed by atoms with Gasteiger partial charge in [0.05, 0.1) is 19.3 Å². The Morgan fingerprint density at radius 2 is 1.58 bits per heavy atom. The van der Waals surface area contributed by atoms with E-state index in [1.807, 2.05) is 24.3 Å². The molecule has 0 aliphatic heterocycles. The van der Waals surface area contributed by atoms with Crippen LogP contribution in [0.15, 0.2) is 66.7 Å². The number of nitrogens with zero attached hydrogens (tertiary/aromatic N) is 1. The Bertz CT molecular complexity index is 874. The molecule has 26 heavy (non-hydrogen) atoms. The number of hydrogen-bond acceptors (Lipinski definition) is 4. The topological polar surface area (TPSA) is 49.8 Å². The second kappa shape index (κ2) is 8.61. The van der Waals surface area contributed by atoms with Gasteiger partial charge in [-0.2, -0.15) is 0 Å². The lowest BCUT2D eigenvalue weighted by molar-refractivity contribution is 0.0600. The van der Waals surface area contributed by atoms with Crippen molar-refractivity contribution >= 4 is 16.7 Å².